The Hall–Kier alpha value is -2.79. The first kappa shape index (κ1) is 16.1. The molecule has 0 saturated carbocycles. The second-order valence-electron chi connectivity index (χ2n) is 5.59. The molecule has 2 aromatic carbocycles. The summed E-state index contributed by atoms with van der Waals surface area (Å²) in [5, 5.41) is 3.41. The Labute approximate surface area is 145 Å². The molecular formula is C18H17ClN4O. The first-order chi connectivity index (χ1) is 11.5. The number of carbonyl (C=O) groups excluding carboxylic acids is 1. The molecule has 0 radical (unpaired) electrons. The van der Waals surface area contributed by atoms with E-state index in [9.17, 15) is 4.79 Å². The zero-order valence-corrected chi connectivity index (χ0v) is 13.9. The van der Waals surface area contributed by atoms with Crippen molar-refractivity contribution in [3.63, 3.8) is 0 Å². The van der Waals surface area contributed by atoms with Crippen LogP contribution in [0.3, 0.4) is 0 Å². The van der Waals surface area contributed by atoms with Gasteiger partial charge in [0, 0.05) is 29.1 Å². The van der Waals surface area contributed by atoms with E-state index in [4.69, 9.17) is 17.3 Å². The minimum absolute atomic E-state index is 0.267. The van der Waals surface area contributed by atoms with Gasteiger partial charge in [-0.3, -0.25) is 4.79 Å². The summed E-state index contributed by atoms with van der Waals surface area (Å²) in [5.41, 5.74) is 9.46. The fourth-order valence-corrected chi connectivity index (χ4v) is 2.49. The summed E-state index contributed by atoms with van der Waals surface area (Å²) in [7, 11) is 0. The number of aryl methyl sites for hydroxylation is 1. The number of nitrogen functional groups attached to an aromatic ring is 1. The second kappa shape index (κ2) is 6.76. The van der Waals surface area contributed by atoms with Crippen LogP contribution in [0.25, 0.3) is 0 Å². The van der Waals surface area contributed by atoms with Crippen molar-refractivity contribution in [2.75, 3.05) is 11.1 Å². The highest BCUT2D eigenvalue weighted by atomic mass is 35.5. The predicted octanol–water partition coefficient (Wildman–Crippen LogP) is 3.73. The molecule has 0 aliphatic heterocycles. The highest BCUT2D eigenvalue weighted by Gasteiger charge is 2.11. The van der Waals surface area contributed by atoms with Crippen molar-refractivity contribution in [3.05, 3.63) is 76.8 Å². The average molecular weight is 341 g/mol. The summed E-state index contributed by atoms with van der Waals surface area (Å²) < 4.78 is 1.85. The standard InChI is InChI=1S/C18H17ClN4O/c1-12-2-5-14(19)8-16(12)22-18(24)17-10-23(11-21-17)9-13-3-6-15(20)7-4-13/h2-8,10-11H,9,20H2,1H3,(H,22,24). The van der Waals surface area contributed by atoms with Gasteiger partial charge in [0.05, 0.1) is 6.33 Å². The zero-order chi connectivity index (χ0) is 17.1. The van der Waals surface area contributed by atoms with E-state index < -0.39 is 0 Å². The lowest BCUT2D eigenvalue weighted by atomic mass is 10.2. The molecule has 1 amide bonds. The molecule has 0 aliphatic carbocycles. The number of nitrogens with zero attached hydrogens (tertiary/aromatic N) is 2. The normalized spacial score (nSPS) is 10.6. The van der Waals surface area contributed by atoms with Crippen molar-refractivity contribution in [3.8, 4) is 0 Å². The van der Waals surface area contributed by atoms with E-state index in [0.29, 0.717) is 22.9 Å². The maximum absolute atomic E-state index is 12.3. The van der Waals surface area contributed by atoms with Gasteiger partial charge in [0.2, 0.25) is 0 Å². The maximum Gasteiger partial charge on any atom is 0.275 e. The van der Waals surface area contributed by atoms with Gasteiger partial charge < -0.3 is 15.6 Å². The van der Waals surface area contributed by atoms with E-state index in [0.717, 1.165) is 16.8 Å². The van der Waals surface area contributed by atoms with Crippen LogP contribution in [-0.4, -0.2) is 15.5 Å². The van der Waals surface area contributed by atoms with Crippen LogP contribution in [0.2, 0.25) is 5.02 Å². The summed E-state index contributed by atoms with van der Waals surface area (Å²) in [6, 6.07) is 13.0. The quantitative estimate of drug-likeness (QED) is 0.711. The predicted molar refractivity (Wildman–Crippen MR) is 96.3 cm³/mol. The minimum Gasteiger partial charge on any atom is -0.399 e. The third-order valence-electron chi connectivity index (χ3n) is 3.66. The average Bonchev–Trinajstić information content (AvgIpc) is 3.02. The molecule has 24 heavy (non-hydrogen) atoms. The van der Waals surface area contributed by atoms with E-state index >= 15 is 0 Å². The second-order valence-corrected chi connectivity index (χ2v) is 6.02. The molecule has 0 saturated heterocycles. The van der Waals surface area contributed by atoms with Crippen molar-refractivity contribution in [2.24, 2.45) is 0 Å². The van der Waals surface area contributed by atoms with Gasteiger partial charge in [-0.2, -0.15) is 0 Å². The summed E-state index contributed by atoms with van der Waals surface area (Å²) in [6.07, 6.45) is 3.35. The molecule has 5 nitrogen and oxygen atoms in total. The van der Waals surface area contributed by atoms with Crippen molar-refractivity contribution in [2.45, 2.75) is 13.5 Å². The summed E-state index contributed by atoms with van der Waals surface area (Å²) in [4.78, 5) is 16.5. The Kier molecular flexibility index (Phi) is 4.53. The molecule has 1 aromatic heterocycles. The molecule has 3 aromatic rings. The van der Waals surface area contributed by atoms with Crippen LogP contribution in [0.5, 0.6) is 0 Å². The Morgan fingerprint density at radius 1 is 1.25 bits per heavy atom. The molecule has 0 unspecified atom stereocenters. The van der Waals surface area contributed by atoms with Gasteiger partial charge in [-0.25, -0.2) is 4.98 Å². The molecule has 0 bridgehead atoms. The van der Waals surface area contributed by atoms with Gasteiger partial charge in [0.15, 0.2) is 0 Å². The lowest BCUT2D eigenvalue weighted by Crippen LogP contribution is -2.13. The number of hydrogen-bond acceptors (Lipinski definition) is 3. The zero-order valence-electron chi connectivity index (χ0n) is 13.2. The highest BCUT2D eigenvalue weighted by Crippen LogP contribution is 2.20. The molecule has 3 N–H and O–H groups in total. The van der Waals surface area contributed by atoms with Gasteiger partial charge in [0.25, 0.3) is 5.91 Å². The van der Waals surface area contributed by atoms with Gasteiger partial charge in [-0.05, 0) is 42.3 Å². The Balaban J connectivity index is 1.71. The third-order valence-corrected chi connectivity index (χ3v) is 3.89. The van der Waals surface area contributed by atoms with Gasteiger partial charge in [-0.1, -0.05) is 29.8 Å². The monoisotopic (exact) mass is 340 g/mol. The number of hydrogen-bond donors (Lipinski definition) is 2. The van der Waals surface area contributed by atoms with Crippen molar-refractivity contribution >= 4 is 28.9 Å². The lowest BCUT2D eigenvalue weighted by Gasteiger charge is -2.07. The fraction of sp³-hybridized carbons (Fsp3) is 0.111. The molecular weight excluding hydrogens is 324 g/mol. The molecule has 1 heterocycles. The van der Waals surface area contributed by atoms with E-state index in [-0.39, 0.29) is 5.91 Å². The van der Waals surface area contributed by atoms with Gasteiger partial charge in [0.1, 0.15) is 5.69 Å². The maximum atomic E-state index is 12.3. The van der Waals surface area contributed by atoms with E-state index in [1.54, 1.807) is 24.7 Å². The Morgan fingerprint density at radius 3 is 2.75 bits per heavy atom. The molecule has 3 rings (SSSR count). The molecule has 0 fully saturated rings. The Bertz CT molecular complexity index is 871. The number of carbonyl (C=O) groups is 1. The number of anilines is 2. The van der Waals surface area contributed by atoms with Gasteiger partial charge >= 0.3 is 0 Å². The fourth-order valence-electron chi connectivity index (χ4n) is 2.31. The van der Waals surface area contributed by atoms with Gasteiger partial charge in [-0.15, -0.1) is 0 Å². The van der Waals surface area contributed by atoms with E-state index in [2.05, 4.69) is 10.3 Å². The lowest BCUT2D eigenvalue weighted by molar-refractivity contribution is 0.102. The smallest absolute Gasteiger partial charge is 0.275 e. The third kappa shape index (κ3) is 3.75. The SMILES string of the molecule is Cc1ccc(Cl)cc1NC(=O)c1cn(Cc2ccc(N)cc2)cn1. The summed E-state index contributed by atoms with van der Waals surface area (Å²) >= 11 is 5.97. The number of nitrogens with two attached hydrogens (primary N) is 1. The van der Waals surface area contributed by atoms with Crippen LogP contribution in [0.15, 0.2) is 55.0 Å². The molecule has 0 spiro atoms. The molecule has 6 heteroatoms. The van der Waals surface area contributed by atoms with E-state index in [1.165, 1.54) is 0 Å². The summed E-state index contributed by atoms with van der Waals surface area (Å²) in [5.74, 6) is -0.267. The van der Waals surface area contributed by atoms with Crippen molar-refractivity contribution < 1.29 is 4.79 Å². The van der Waals surface area contributed by atoms with Crippen LogP contribution in [0.1, 0.15) is 21.6 Å². The number of benzene rings is 2. The number of nitrogens with one attached hydrogen (secondary N) is 1. The number of halogens is 1. The molecule has 0 aliphatic rings. The first-order valence-corrected chi connectivity index (χ1v) is 7.83. The van der Waals surface area contributed by atoms with E-state index in [1.807, 2.05) is 41.8 Å². The van der Waals surface area contributed by atoms with Crippen molar-refractivity contribution in [1.82, 2.24) is 9.55 Å². The topological polar surface area (TPSA) is 72.9 Å². The van der Waals surface area contributed by atoms with Crippen LogP contribution in [0.4, 0.5) is 11.4 Å². The van der Waals surface area contributed by atoms with Crippen LogP contribution < -0.4 is 11.1 Å². The largest absolute Gasteiger partial charge is 0.399 e. The molecule has 0 atom stereocenters. The van der Waals surface area contributed by atoms with Crippen LogP contribution >= 0.6 is 11.6 Å². The first-order valence-electron chi connectivity index (χ1n) is 7.45. The number of rotatable bonds is 4. The van der Waals surface area contributed by atoms with Crippen molar-refractivity contribution in [1.29, 1.82) is 0 Å². The number of amides is 1. The number of imidazole rings is 1. The molecule has 122 valence electrons. The van der Waals surface area contributed by atoms with Crippen LogP contribution in [-0.2, 0) is 6.54 Å². The Morgan fingerprint density at radius 2 is 2.00 bits per heavy atom. The number of aromatic nitrogens is 2. The summed E-state index contributed by atoms with van der Waals surface area (Å²) in [6.45, 7) is 2.53. The highest BCUT2D eigenvalue weighted by molar-refractivity contribution is 6.31. The minimum atomic E-state index is -0.267. The van der Waals surface area contributed by atoms with Crippen LogP contribution in [0, 0.1) is 6.92 Å².